The van der Waals surface area contributed by atoms with Crippen molar-refractivity contribution < 1.29 is 24.5 Å². The molecular weight excluding hydrogens is 308 g/mol. The van der Waals surface area contributed by atoms with Crippen LogP contribution in [0.25, 0.3) is 0 Å². The second kappa shape index (κ2) is 3.33. The normalized spacial score (nSPS) is 64.5. The Labute approximate surface area is 140 Å². The second-order valence-corrected chi connectivity index (χ2v) is 9.37. The first kappa shape index (κ1) is 13.9. The highest BCUT2D eigenvalue weighted by Gasteiger charge is 3.01. The average molecular weight is 330 g/mol. The summed E-state index contributed by atoms with van der Waals surface area (Å²) in [6, 6.07) is 0. The van der Waals surface area contributed by atoms with Crippen LogP contribution in [-0.2, 0) is 14.3 Å². The molecule has 5 heteroatoms. The molecule has 0 amide bonds. The molecule has 6 saturated carbocycles. The number of carboxylic acid groups (broad SMARTS) is 1. The van der Waals surface area contributed by atoms with E-state index in [1.165, 1.54) is 5.57 Å². The Morgan fingerprint density at radius 1 is 1.33 bits per heavy atom. The molecular formula is C19H22O5. The van der Waals surface area contributed by atoms with Gasteiger partial charge in [-0.05, 0) is 50.9 Å². The lowest BCUT2D eigenvalue weighted by Crippen LogP contribution is -2.56. The van der Waals surface area contributed by atoms with Crippen LogP contribution in [0.3, 0.4) is 0 Å². The van der Waals surface area contributed by atoms with Crippen LogP contribution in [0.5, 0.6) is 0 Å². The number of aliphatic hydroxyl groups excluding tert-OH is 1. The van der Waals surface area contributed by atoms with Crippen molar-refractivity contribution in [2.75, 3.05) is 0 Å². The molecule has 24 heavy (non-hydrogen) atoms. The molecule has 7 rings (SSSR count). The number of rotatable bonds is 1. The molecule has 0 radical (unpaired) electrons. The average Bonchev–Trinajstić information content (AvgIpc) is 2.90. The van der Waals surface area contributed by atoms with Crippen molar-refractivity contribution in [3.05, 3.63) is 12.2 Å². The first-order valence-electron chi connectivity index (χ1n) is 9.12. The molecule has 6 aliphatic carbocycles. The van der Waals surface area contributed by atoms with Crippen LogP contribution in [0.15, 0.2) is 12.2 Å². The van der Waals surface area contributed by atoms with Crippen molar-refractivity contribution in [2.45, 2.75) is 50.7 Å². The number of ether oxygens (including phenoxy) is 1. The van der Waals surface area contributed by atoms with E-state index in [1.54, 1.807) is 6.92 Å². The molecule has 9 atom stereocenters. The third kappa shape index (κ3) is 0.889. The first-order valence-corrected chi connectivity index (χ1v) is 9.12. The maximum atomic E-state index is 12.8. The predicted molar refractivity (Wildman–Crippen MR) is 81.6 cm³/mol. The molecule has 5 nitrogen and oxygen atoms in total. The fourth-order valence-electron chi connectivity index (χ4n) is 8.87. The minimum absolute atomic E-state index is 0.200. The summed E-state index contributed by atoms with van der Waals surface area (Å²) in [5.41, 5.74) is -1.08. The fraction of sp³-hybridized carbons (Fsp3) is 0.789. The molecule has 7 aliphatic rings. The molecule has 128 valence electrons. The Balaban J connectivity index is 1.66. The van der Waals surface area contributed by atoms with E-state index in [-0.39, 0.29) is 22.7 Å². The lowest BCUT2D eigenvalue weighted by Gasteiger charge is -2.48. The zero-order valence-electron chi connectivity index (χ0n) is 13.7. The van der Waals surface area contributed by atoms with Crippen molar-refractivity contribution in [3.63, 3.8) is 0 Å². The molecule has 0 aromatic heterocycles. The maximum Gasteiger partial charge on any atom is 0.315 e. The summed E-state index contributed by atoms with van der Waals surface area (Å²) in [5.74, 6) is -1.57. The highest BCUT2D eigenvalue weighted by molar-refractivity contribution is 5.87. The molecule has 1 unspecified atom stereocenters. The maximum absolute atomic E-state index is 12.8. The van der Waals surface area contributed by atoms with Crippen molar-refractivity contribution in [1.29, 1.82) is 0 Å². The topological polar surface area (TPSA) is 83.8 Å². The molecule has 7 fully saturated rings. The van der Waals surface area contributed by atoms with Gasteiger partial charge in [0.15, 0.2) is 0 Å². The summed E-state index contributed by atoms with van der Waals surface area (Å²) < 4.78 is 6.10. The second-order valence-electron chi connectivity index (χ2n) is 9.37. The highest BCUT2D eigenvalue weighted by Crippen LogP contribution is 2.98. The van der Waals surface area contributed by atoms with Crippen molar-refractivity contribution in [3.8, 4) is 0 Å². The zero-order chi connectivity index (χ0) is 16.9. The predicted octanol–water partition coefficient (Wildman–Crippen LogP) is 1.75. The Hall–Kier alpha value is -1.36. The van der Waals surface area contributed by atoms with E-state index in [0.29, 0.717) is 18.8 Å². The number of carbonyl (C=O) groups is 2. The third-order valence-corrected chi connectivity index (χ3v) is 9.38. The van der Waals surface area contributed by atoms with Gasteiger partial charge in [-0.1, -0.05) is 12.2 Å². The van der Waals surface area contributed by atoms with Crippen LogP contribution in [-0.4, -0.2) is 33.9 Å². The Kier molecular flexibility index (Phi) is 1.92. The number of hydrogen-bond acceptors (Lipinski definition) is 4. The molecule has 2 N–H and O–H groups in total. The summed E-state index contributed by atoms with van der Waals surface area (Å²) >= 11 is 0. The molecule has 1 aliphatic heterocycles. The van der Waals surface area contributed by atoms with E-state index >= 15 is 0 Å². The van der Waals surface area contributed by atoms with E-state index in [0.717, 1.165) is 19.3 Å². The molecule has 0 aromatic rings. The number of aliphatic hydroxyl groups is 1. The minimum atomic E-state index is -1.08. The van der Waals surface area contributed by atoms with Gasteiger partial charge in [-0.25, -0.2) is 0 Å². The van der Waals surface area contributed by atoms with Crippen molar-refractivity contribution in [2.24, 2.45) is 39.9 Å². The minimum Gasteiger partial charge on any atom is -0.481 e. The summed E-state index contributed by atoms with van der Waals surface area (Å²) in [4.78, 5) is 25.2. The van der Waals surface area contributed by atoms with E-state index in [2.05, 4.69) is 6.58 Å². The Bertz CT molecular complexity index is 759. The first-order chi connectivity index (χ1) is 11.3. The third-order valence-electron chi connectivity index (χ3n) is 9.38. The number of carboxylic acids is 1. The number of fused-ring (bicyclic) bond motifs is 1. The quantitative estimate of drug-likeness (QED) is 0.565. The van der Waals surface area contributed by atoms with Gasteiger partial charge in [0.2, 0.25) is 0 Å². The van der Waals surface area contributed by atoms with Crippen LogP contribution >= 0.6 is 0 Å². The number of allylic oxidation sites excluding steroid dienone is 1. The van der Waals surface area contributed by atoms with Gasteiger partial charge in [0, 0.05) is 16.7 Å². The van der Waals surface area contributed by atoms with Crippen LogP contribution < -0.4 is 0 Å². The largest absolute Gasteiger partial charge is 0.481 e. The highest BCUT2D eigenvalue weighted by atomic mass is 16.6. The summed E-state index contributed by atoms with van der Waals surface area (Å²) in [7, 11) is 0. The summed E-state index contributed by atoms with van der Waals surface area (Å²) in [6.07, 6.45) is 3.18. The number of carbonyl (C=O) groups excluding carboxylic acids is 1. The van der Waals surface area contributed by atoms with E-state index in [9.17, 15) is 19.8 Å². The smallest absolute Gasteiger partial charge is 0.315 e. The van der Waals surface area contributed by atoms with Gasteiger partial charge >= 0.3 is 11.9 Å². The van der Waals surface area contributed by atoms with Gasteiger partial charge in [0.1, 0.15) is 5.60 Å². The van der Waals surface area contributed by atoms with E-state index in [1.807, 2.05) is 0 Å². The van der Waals surface area contributed by atoms with Gasteiger partial charge in [0.25, 0.3) is 0 Å². The van der Waals surface area contributed by atoms with Crippen LogP contribution in [0.1, 0.15) is 39.0 Å². The molecule has 1 saturated heterocycles. The van der Waals surface area contributed by atoms with Gasteiger partial charge < -0.3 is 14.9 Å². The van der Waals surface area contributed by atoms with Crippen molar-refractivity contribution in [1.82, 2.24) is 0 Å². The molecule has 0 aromatic carbocycles. The SMILES string of the molecule is C=C1C2[C@@]34CC[C@@H]1C[C@@]23[C@@H](C(=O)O)[C@@H]1[C@]2(C)C(=O)O[C@@]14CC[C@H]2O. The summed E-state index contributed by atoms with van der Waals surface area (Å²) in [6.45, 7) is 6.05. The van der Waals surface area contributed by atoms with E-state index < -0.39 is 34.9 Å². The lowest BCUT2D eigenvalue weighted by atomic mass is 9.54. The zero-order valence-corrected chi connectivity index (χ0v) is 13.7. The number of esters is 1. The van der Waals surface area contributed by atoms with E-state index in [4.69, 9.17) is 4.74 Å². The van der Waals surface area contributed by atoms with Gasteiger partial charge in [-0.3, -0.25) is 9.59 Å². The monoisotopic (exact) mass is 330 g/mol. The lowest BCUT2D eigenvalue weighted by molar-refractivity contribution is -0.161. The Morgan fingerprint density at radius 2 is 2.08 bits per heavy atom. The number of hydrogen-bond donors (Lipinski definition) is 2. The fourth-order valence-corrected chi connectivity index (χ4v) is 8.87. The van der Waals surface area contributed by atoms with Crippen molar-refractivity contribution >= 4 is 11.9 Å². The van der Waals surface area contributed by atoms with Gasteiger partial charge in [-0.15, -0.1) is 0 Å². The number of aliphatic carboxylic acids is 1. The van der Waals surface area contributed by atoms with Crippen LogP contribution in [0.2, 0.25) is 0 Å². The van der Waals surface area contributed by atoms with Crippen LogP contribution in [0.4, 0.5) is 0 Å². The standard InChI is InChI=1S/C19H22O5/c1-8-9-3-5-18-12(8)17(18,7-9)11(14(21)22)13-16(2)10(20)4-6-19(13,18)24-15(16)23/h9-13,20H,1,3-7H2,2H3,(H,21,22)/t9-,10-,11-,12?,13-,16-,17-,18+,19+/m1/s1. The summed E-state index contributed by atoms with van der Waals surface area (Å²) in [5, 5.41) is 20.8. The molecule has 6 bridgehead atoms. The molecule has 2 spiro atoms. The van der Waals surface area contributed by atoms with Gasteiger partial charge in [-0.2, -0.15) is 0 Å². The van der Waals surface area contributed by atoms with Crippen LogP contribution in [0, 0.1) is 39.9 Å². The molecule has 1 heterocycles. The Morgan fingerprint density at radius 3 is 2.79 bits per heavy atom. The van der Waals surface area contributed by atoms with Gasteiger partial charge in [0.05, 0.1) is 17.4 Å².